The largest absolute Gasteiger partial charge is 0.465 e. The van der Waals surface area contributed by atoms with Crippen molar-refractivity contribution in [3.63, 3.8) is 0 Å². The number of unbranched alkanes of at least 4 members (excludes halogenated alkanes) is 2. The zero-order chi connectivity index (χ0) is 11.0. The summed E-state index contributed by atoms with van der Waals surface area (Å²) in [7, 11) is 0. The maximum Gasteiger partial charge on any atom is 0.323 e. The van der Waals surface area contributed by atoms with Gasteiger partial charge in [0.2, 0.25) is 0 Å². The maximum atomic E-state index is 11.4. The van der Waals surface area contributed by atoms with Gasteiger partial charge in [0.05, 0.1) is 6.61 Å². The van der Waals surface area contributed by atoms with Crippen molar-refractivity contribution in [3.05, 3.63) is 0 Å². The predicted molar refractivity (Wildman–Crippen MR) is 65.2 cm³/mol. The Bertz CT molecular complexity index is 165. The van der Waals surface area contributed by atoms with Crippen molar-refractivity contribution in [3.8, 4) is 0 Å². The smallest absolute Gasteiger partial charge is 0.323 e. The molecule has 4 heteroatoms. The van der Waals surface area contributed by atoms with Gasteiger partial charge in [-0.05, 0) is 12.3 Å². The molecule has 0 aromatic carbocycles. The molecule has 0 unspecified atom stereocenters. The average molecular weight is 238 g/mol. The molecular weight excluding hydrogens is 214 g/mol. The fourth-order valence-corrected chi connectivity index (χ4v) is 1.11. The van der Waals surface area contributed by atoms with Crippen molar-refractivity contribution in [2.75, 3.05) is 6.61 Å². The molecule has 0 aliphatic heterocycles. The molecule has 0 spiro atoms. The van der Waals surface area contributed by atoms with Gasteiger partial charge < -0.3 is 10.5 Å². The number of halogens is 1. The summed E-state index contributed by atoms with van der Waals surface area (Å²) in [4.78, 5) is 11.4. The first kappa shape index (κ1) is 17.1. The first-order chi connectivity index (χ1) is 6.63. The molecule has 3 nitrogen and oxygen atoms in total. The molecule has 0 amide bonds. The number of hydrogen-bond donors (Lipinski definition) is 1. The molecule has 15 heavy (non-hydrogen) atoms. The van der Waals surface area contributed by atoms with Crippen LogP contribution < -0.4 is 5.73 Å². The van der Waals surface area contributed by atoms with Gasteiger partial charge in [-0.2, -0.15) is 0 Å². The molecule has 92 valence electrons. The van der Waals surface area contributed by atoms with E-state index < -0.39 is 6.04 Å². The lowest BCUT2D eigenvalue weighted by Gasteiger charge is -2.16. The summed E-state index contributed by atoms with van der Waals surface area (Å²) < 4.78 is 5.06. The molecule has 0 fully saturated rings. The van der Waals surface area contributed by atoms with E-state index in [-0.39, 0.29) is 24.3 Å². The van der Waals surface area contributed by atoms with E-state index in [0.717, 1.165) is 25.7 Å². The van der Waals surface area contributed by atoms with E-state index in [1.807, 2.05) is 13.8 Å². The monoisotopic (exact) mass is 237 g/mol. The van der Waals surface area contributed by atoms with Crippen LogP contribution in [-0.4, -0.2) is 18.6 Å². The normalized spacial score (nSPS) is 13.9. The molecule has 0 rings (SSSR count). The molecule has 0 saturated heterocycles. The highest BCUT2D eigenvalue weighted by Gasteiger charge is 2.20. The van der Waals surface area contributed by atoms with Crippen molar-refractivity contribution in [2.45, 2.75) is 52.5 Å². The van der Waals surface area contributed by atoms with Crippen molar-refractivity contribution in [1.82, 2.24) is 0 Å². The Morgan fingerprint density at radius 3 is 2.40 bits per heavy atom. The van der Waals surface area contributed by atoms with Crippen molar-refractivity contribution in [2.24, 2.45) is 11.7 Å². The highest BCUT2D eigenvalue weighted by Crippen LogP contribution is 2.07. The third-order valence-corrected chi connectivity index (χ3v) is 2.52. The van der Waals surface area contributed by atoms with Crippen LogP contribution in [0.15, 0.2) is 0 Å². The fraction of sp³-hybridized carbons (Fsp3) is 0.909. The van der Waals surface area contributed by atoms with Crippen LogP contribution in [-0.2, 0) is 9.53 Å². The van der Waals surface area contributed by atoms with Gasteiger partial charge in [-0.25, -0.2) is 0 Å². The first-order valence-corrected chi connectivity index (χ1v) is 5.55. The van der Waals surface area contributed by atoms with Crippen LogP contribution in [0.5, 0.6) is 0 Å². The van der Waals surface area contributed by atoms with E-state index in [4.69, 9.17) is 10.5 Å². The zero-order valence-corrected chi connectivity index (χ0v) is 10.8. The number of rotatable bonds is 7. The Balaban J connectivity index is 0. The Hall–Kier alpha value is -0.280. The van der Waals surface area contributed by atoms with Gasteiger partial charge in [0.1, 0.15) is 6.04 Å². The minimum Gasteiger partial charge on any atom is -0.465 e. The van der Waals surface area contributed by atoms with E-state index in [1.54, 1.807) is 0 Å². The zero-order valence-electron chi connectivity index (χ0n) is 9.99. The highest BCUT2D eigenvalue weighted by molar-refractivity contribution is 5.85. The molecule has 0 aromatic heterocycles. The SMILES string of the molecule is CCCCCOC(=O)[C@@H](N)[C@@H](C)CC.Cl. The van der Waals surface area contributed by atoms with Crippen LogP contribution in [0.4, 0.5) is 0 Å². The molecule has 0 saturated carbocycles. The number of hydrogen-bond acceptors (Lipinski definition) is 3. The summed E-state index contributed by atoms with van der Waals surface area (Å²) in [6.45, 7) is 6.62. The van der Waals surface area contributed by atoms with E-state index in [9.17, 15) is 4.79 Å². The number of carbonyl (C=O) groups excluding carboxylic acids is 1. The van der Waals surface area contributed by atoms with Gasteiger partial charge >= 0.3 is 5.97 Å². The molecule has 2 N–H and O–H groups in total. The standard InChI is InChI=1S/C11H23NO2.ClH/c1-4-6-7-8-14-11(13)10(12)9(3)5-2;/h9-10H,4-8,12H2,1-3H3;1H/t9-,10-;/m0./s1. The van der Waals surface area contributed by atoms with Gasteiger partial charge in [-0.3, -0.25) is 4.79 Å². The highest BCUT2D eigenvalue weighted by atomic mass is 35.5. The maximum absolute atomic E-state index is 11.4. The lowest BCUT2D eigenvalue weighted by atomic mass is 10.0. The summed E-state index contributed by atoms with van der Waals surface area (Å²) in [6, 6.07) is -0.457. The second-order valence-corrected chi connectivity index (χ2v) is 3.79. The molecule has 0 bridgehead atoms. The molecule has 2 atom stereocenters. The Kier molecular flexibility index (Phi) is 11.7. The van der Waals surface area contributed by atoms with Crippen LogP contribution in [0.1, 0.15) is 46.5 Å². The Morgan fingerprint density at radius 1 is 1.33 bits per heavy atom. The van der Waals surface area contributed by atoms with E-state index in [2.05, 4.69) is 6.92 Å². The number of nitrogens with two attached hydrogens (primary N) is 1. The number of esters is 1. The van der Waals surface area contributed by atoms with Crippen LogP contribution >= 0.6 is 12.4 Å². The van der Waals surface area contributed by atoms with Gasteiger partial charge in [-0.1, -0.05) is 40.0 Å². The predicted octanol–water partition coefficient (Wildman–Crippen LogP) is 2.52. The summed E-state index contributed by atoms with van der Waals surface area (Å²) in [6.07, 6.45) is 4.08. The number of ether oxygens (including phenoxy) is 1. The Morgan fingerprint density at radius 2 is 1.93 bits per heavy atom. The molecule has 0 radical (unpaired) electrons. The molecular formula is C11H24ClNO2. The minimum absolute atomic E-state index is 0. The van der Waals surface area contributed by atoms with Crippen LogP contribution in [0.25, 0.3) is 0 Å². The van der Waals surface area contributed by atoms with Crippen molar-refractivity contribution in [1.29, 1.82) is 0 Å². The molecule has 0 aliphatic carbocycles. The Labute approximate surface area is 99.2 Å². The van der Waals surface area contributed by atoms with E-state index >= 15 is 0 Å². The summed E-state index contributed by atoms with van der Waals surface area (Å²) >= 11 is 0. The topological polar surface area (TPSA) is 52.3 Å². The average Bonchev–Trinajstić information content (AvgIpc) is 2.21. The van der Waals surface area contributed by atoms with Crippen LogP contribution in [0, 0.1) is 5.92 Å². The fourth-order valence-electron chi connectivity index (χ4n) is 1.11. The van der Waals surface area contributed by atoms with Crippen LogP contribution in [0.3, 0.4) is 0 Å². The van der Waals surface area contributed by atoms with Crippen LogP contribution in [0.2, 0.25) is 0 Å². The van der Waals surface area contributed by atoms with Crippen molar-refractivity contribution >= 4 is 18.4 Å². The third-order valence-electron chi connectivity index (χ3n) is 2.52. The number of carbonyl (C=O) groups is 1. The third kappa shape index (κ3) is 7.63. The van der Waals surface area contributed by atoms with E-state index in [0.29, 0.717) is 6.61 Å². The molecule has 0 heterocycles. The lowest BCUT2D eigenvalue weighted by Crippen LogP contribution is -2.38. The van der Waals surface area contributed by atoms with Crippen molar-refractivity contribution < 1.29 is 9.53 Å². The summed E-state index contributed by atoms with van der Waals surface area (Å²) in [5.74, 6) is -0.0517. The van der Waals surface area contributed by atoms with Gasteiger partial charge in [0.25, 0.3) is 0 Å². The second kappa shape index (κ2) is 10.2. The molecule has 0 aromatic rings. The van der Waals surface area contributed by atoms with E-state index in [1.165, 1.54) is 0 Å². The second-order valence-electron chi connectivity index (χ2n) is 3.79. The van der Waals surface area contributed by atoms with Gasteiger partial charge in [-0.15, -0.1) is 12.4 Å². The minimum atomic E-state index is -0.457. The summed E-state index contributed by atoms with van der Waals surface area (Å²) in [5.41, 5.74) is 5.71. The lowest BCUT2D eigenvalue weighted by molar-refractivity contribution is -0.146. The quantitative estimate of drug-likeness (QED) is 0.547. The van der Waals surface area contributed by atoms with Gasteiger partial charge in [0.15, 0.2) is 0 Å². The molecule has 0 aliphatic rings. The first-order valence-electron chi connectivity index (χ1n) is 5.55. The summed E-state index contributed by atoms with van der Waals surface area (Å²) in [5, 5.41) is 0. The van der Waals surface area contributed by atoms with Gasteiger partial charge in [0, 0.05) is 0 Å².